The summed E-state index contributed by atoms with van der Waals surface area (Å²) in [6, 6.07) is 0.481. The summed E-state index contributed by atoms with van der Waals surface area (Å²) in [5.41, 5.74) is -0.491. The Hall–Kier alpha value is 0.110. The Balaban J connectivity index is 2.21. The van der Waals surface area contributed by atoms with Gasteiger partial charge in [0.15, 0.2) is 0 Å². The Kier molecular flexibility index (Phi) is 3.92. The minimum absolute atomic E-state index is 0.481. The molecule has 13 heavy (non-hydrogen) atoms. The zero-order chi connectivity index (χ0) is 9.90. The first-order valence-corrected chi connectivity index (χ1v) is 6.47. The molecular weight excluding hydrogens is 189 g/mol. The molecule has 1 fully saturated rings. The van der Waals surface area contributed by atoms with Crippen LogP contribution in [0.5, 0.6) is 0 Å². The molecule has 0 aliphatic carbocycles. The molecule has 0 spiro atoms. The summed E-state index contributed by atoms with van der Waals surface area (Å²) >= 11 is 0. The highest BCUT2D eigenvalue weighted by atomic mass is 31.2. The number of hydrogen-bond donors (Lipinski definition) is 3. The predicted octanol–water partition coefficient (Wildman–Crippen LogP) is 1.08. The second-order valence-corrected chi connectivity index (χ2v) is 5.87. The maximum Gasteiger partial charge on any atom is 0.328 e. The summed E-state index contributed by atoms with van der Waals surface area (Å²) < 4.78 is 10.8. The standard InChI is InChI=1S/C8H18NO3P/c1-7(13(10,11)12)4-5-8-3-2-6-9-8/h7-9H,2-6H2,1H3,(H2,10,11,12). The molecule has 2 unspecified atom stereocenters. The Morgan fingerprint density at radius 1 is 1.62 bits per heavy atom. The van der Waals surface area contributed by atoms with Crippen molar-refractivity contribution in [1.82, 2.24) is 5.32 Å². The minimum Gasteiger partial charge on any atom is -0.324 e. The van der Waals surface area contributed by atoms with Crippen LogP contribution < -0.4 is 5.32 Å². The molecule has 1 rings (SSSR count). The largest absolute Gasteiger partial charge is 0.328 e. The summed E-state index contributed by atoms with van der Waals surface area (Å²) in [6.45, 7) is 2.67. The Morgan fingerprint density at radius 2 is 2.31 bits per heavy atom. The average Bonchev–Trinajstić information content (AvgIpc) is 2.50. The van der Waals surface area contributed by atoms with Gasteiger partial charge in [-0.15, -0.1) is 0 Å². The van der Waals surface area contributed by atoms with E-state index < -0.39 is 13.3 Å². The molecule has 5 heteroatoms. The molecule has 0 aromatic carbocycles. The normalized spacial score (nSPS) is 26.2. The topological polar surface area (TPSA) is 69.6 Å². The molecule has 0 bridgehead atoms. The van der Waals surface area contributed by atoms with Crippen LogP contribution in [0, 0.1) is 0 Å². The zero-order valence-corrected chi connectivity index (χ0v) is 8.83. The first-order chi connectivity index (χ1) is 6.00. The van der Waals surface area contributed by atoms with Gasteiger partial charge >= 0.3 is 7.60 Å². The summed E-state index contributed by atoms with van der Waals surface area (Å²) in [5, 5.41) is 3.31. The van der Waals surface area contributed by atoms with Crippen LogP contribution in [0.15, 0.2) is 0 Å². The second kappa shape index (κ2) is 4.56. The first kappa shape index (κ1) is 11.2. The molecule has 1 heterocycles. The van der Waals surface area contributed by atoms with E-state index in [1.165, 1.54) is 6.42 Å². The lowest BCUT2D eigenvalue weighted by atomic mass is 10.1. The molecular formula is C8H18NO3P. The molecule has 0 radical (unpaired) electrons. The van der Waals surface area contributed by atoms with E-state index in [4.69, 9.17) is 9.79 Å². The van der Waals surface area contributed by atoms with Crippen LogP contribution >= 0.6 is 7.60 Å². The number of rotatable bonds is 4. The van der Waals surface area contributed by atoms with E-state index in [0.717, 1.165) is 19.4 Å². The SMILES string of the molecule is CC(CCC1CCCN1)P(=O)(O)O. The summed E-state index contributed by atoms with van der Waals surface area (Å²) in [5.74, 6) is 0. The van der Waals surface area contributed by atoms with Crippen LogP contribution in [-0.2, 0) is 4.57 Å². The Morgan fingerprint density at radius 3 is 2.77 bits per heavy atom. The monoisotopic (exact) mass is 207 g/mol. The molecule has 0 aromatic rings. The van der Waals surface area contributed by atoms with Gasteiger partial charge in [0.2, 0.25) is 0 Å². The van der Waals surface area contributed by atoms with Crippen molar-refractivity contribution < 1.29 is 14.4 Å². The van der Waals surface area contributed by atoms with Crippen molar-refractivity contribution in [1.29, 1.82) is 0 Å². The number of nitrogens with one attached hydrogen (secondary N) is 1. The van der Waals surface area contributed by atoms with Crippen LogP contribution in [0.2, 0.25) is 0 Å². The van der Waals surface area contributed by atoms with Crippen LogP contribution in [0.25, 0.3) is 0 Å². The van der Waals surface area contributed by atoms with Crippen LogP contribution in [0.1, 0.15) is 32.6 Å². The van der Waals surface area contributed by atoms with Crippen molar-refractivity contribution in [3.05, 3.63) is 0 Å². The van der Waals surface area contributed by atoms with Crippen molar-refractivity contribution in [2.24, 2.45) is 0 Å². The van der Waals surface area contributed by atoms with Gasteiger partial charge in [0.25, 0.3) is 0 Å². The lowest BCUT2D eigenvalue weighted by Gasteiger charge is -2.15. The fourth-order valence-electron chi connectivity index (χ4n) is 1.61. The molecule has 78 valence electrons. The third-order valence-electron chi connectivity index (χ3n) is 2.67. The fraction of sp³-hybridized carbons (Fsp3) is 1.00. The predicted molar refractivity (Wildman–Crippen MR) is 51.8 cm³/mol. The van der Waals surface area contributed by atoms with E-state index in [9.17, 15) is 4.57 Å². The maximum atomic E-state index is 10.8. The molecule has 4 nitrogen and oxygen atoms in total. The smallest absolute Gasteiger partial charge is 0.324 e. The van der Waals surface area contributed by atoms with Gasteiger partial charge in [-0.1, -0.05) is 6.92 Å². The van der Waals surface area contributed by atoms with Crippen LogP contribution in [0.3, 0.4) is 0 Å². The van der Waals surface area contributed by atoms with Gasteiger partial charge in [-0.3, -0.25) is 4.57 Å². The van der Waals surface area contributed by atoms with E-state index in [1.807, 2.05) is 0 Å². The second-order valence-electron chi connectivity index (χ2n) is 3.81. The van der Waals surface area contributed by atoms with Gasteiger partial charge < -0.3 is 15.1 Å². The van der Waals surface area contributed by atoms with Crippen molar-refractivity contribution in [2.75, 3.05) is 6.54 Å². The summed E-state index contributed by atoms with van der Waals surface area (Å²) in [6.07, 6.45) is 3.83. The van der Waals surface area contributed by atoms with E-state index in [1.54, 1.807) is 6.92 Å². The van der Waals surface area contributed by atoms with Gasteiger partial charge in [-0.2, -0.15) is 0 Å². The van der Waals surface area contributed by atoms with Crippen molar-refractivity contribution in [3.8, 4) is 0 Å². The third kappa shape index (κ3) is 3.77. The minimum atomic E-state index is -3.84. The van der Waals surface area contributed by atoms with Gasteiger partial charge in [0.05, 0.1) is 5.66 Å². The highest BCUT2D eigenvalue weighted by Crippen LogP contribution is 2.43. The zero-order valence-electron chi connectivity index (χ0n) is 7.94. The molecule has 0 saturated carbocycles. The van der Waals surface area contributed by atoms with E-state index in [2.05, 4.69) is 5.32 Å². The lowest BCUT2D eigenvalue weighted by Crippen LogP contribution is -2.22. The number of hydrogen-bond acceptors (Lipinski definition) is 2. The maximum absolute atomic E-state index is 10.8. The molecule has 1 aliphatic heterocycles. The van der Waals surface area contributed by atoms with Gasteiger partial charge in [0, 0.05) is 6.04 Å². The Labute approximate surface area is 78.9 Å². The fourth-order valence-corrected chi connectivity index (χ4v) is 2.10. The summed E-state index contributed by atoms with van der Waals surface area (Å²) in [7, 11) is -3.84. The molecule has 0 amide bonds. The third-order valence-corrected chi connectivity index (χ3v) is 4.08. The Bertz CT molecular complexity index is 198. The van der Waals surface area contributed by atoms with Gasteiger partial charge in [-0.05, 0) is 32.2 Å². The van der Waals surface area contributed by atoms with E-state index in [-0.39, 0.29) is 0 Å². The van der Waals surface area contributed by atoms with E-state index >= 15 is 0 Å². The molecule has 1 saturated heterocycles. The molecule has 0 aromatic heterocycles. The van der Waals surface area contributed by atoms with Crippen molar-refractivity contribution in [3.63, 3.8) is 0 Å². The van der Waals surface area contributed by atoms with Crippen LogP contribution in [-0.4, -0.2) is 28.0 Å². The average molecular weight is 207 g/mol. The van der Waals surface area contributed by atoms with Crippen molar-refractivity contribution in [2.45, 2.75) is 44.3 Å². The van der Waals surface area contributed by atoms with E-state index in [0.29, 0.717) is 12.5 Å². The quantitative estimate of drug-likeness (QED) is 0.603. The molecule has 1 aliphatic rings. The highest BCUT2D eigenvalue weighted by molar-refractivity contribution is 7.52. The molecule has 3 N–H and O–H groups in total. The highest BCUT2D eigenvalue weighted by Gasteiger charge is 2.25. The van der Waals surface area contributed by atoms with Gasteiger partial charge in [-0.25, -0.2) is 0 Å². The van der Waals surface area contributed by atoms with Crippen molar-refractivity contribution >= 4 is 7.60 Å². The van der Waals surface area contributed by atoms with Crippen LogP contribution in [0.4, 0.5) is 0 Å². The summed E-state index contributed by atoms with van der Waals surface area (Å²) in [4.78, 5) is 17.7. The van der Waals surface area contributed by atoms with Gasteiger partial charge in [0.1, 0.15) is 0 Å². The lowest BCUT2D eigenvalue weighted by molar-refractivity contribution is 0.354. The first-order valence-electron chi connectivity index (χ1n) is 4.79. The molecule has 2 atom stereocenters.